The van der Waals surface area contributed by atoms with Gasteiger partial charge in [0.1, 0.15) is 11.6 Å². The van der Waals surface area contributed by atoms with E-state index in [-0.39, 0.29) is 17.1 Å². The largest absolute Gasteiger partial charge is 0.376 e. The Bertz CT molecular complexity index is 954. The van der Waals surface area contributed by atoms with Crippen molar-refractivity contribution in [3.63, 3.8) is 0 Å². The molecule has 156 valence electrons. The average Bonchev–Trinajstić information content (AvgIpc) is 2.96. The minimum Gasteiger partial charge on any atom is -0.376 e. The normalized spacial score (nSPS) is 15.5. The summed E-state index contributed by atoms with van der Waals surface area (Å²) in [6.45, 7) is 0.824. The second-order valence-electron chi connectivity index (χ2n) is 6.91. The van der Waals surface area contributed by atoms with Crippen LogP contribution in [0.1, 0.15) is 25.7 Å². The quantitative estimate of drug-likeness (QED) is 0.745. The maximum Gasteiger partial charge on any atom is 0.243 e. The molecule has 1 heterocycles. The maximum absolute atomic E-state index is 13.2. The predicted octanol–water partition coefficient (Wildman–Crippen LogP) is 3.58. The van der Waals surface area contributed by atoms with Gasteiger partial charge in [0.15, 0.2) is 0 Å². The first kappa shape index (κ1) is 21.2. The number of nitrogens with zero attached hydrogens (tertiary/aromatic N) is 1. The van der Waals surface area contributed by atoms with Crippen LogP contribution in [0, 0.1) is 11.6 Å². The number of hydrogen-bond acceptors (Lipinski definition) is 4. The highest BCUT2D eigenvalue weighted by Crippen LogP contribution is 2.22. The molecular weight excluding hydrogens is 400 g/mol. The van der Waals surface area contributed by atoms with Crippen molar-refractivity contribution >= 4 is 27.3 Å². The molecule has 1 aliphatic heterocycles. The lowest BCUT2D eigenvalue weighted by molar-refractivity contribution is -0.114. The highest BCUT2D eigenvalue weighted by Gasteiger charge is 2.25. The molecule has 0 atom stereocenters. The number of rotatable bonds is 6. The number of nitrogens with one attached hydrogen (secondary N) is 2. The van der Waals surface area contributed by atoms with Crippen molar-refractivity contribution < 1.29 is 22.0 Å². The molecule has 1 saturated heterocycles. The van der Waals surface area contributed by atoms with Crippen LogP contribution in [-0.2, 0) is 14.8 Å². The molecule has 2 aromatic rings. The highest BCUT2D eigenvalue weighted by atomic mass is 32.2. The Morgan fingerprint density at radius 3 is 2.24 bits per heavy atom. The van der Waals surface area contributed by atoms with E-state index in [4.69, 9.17) is 0 Å². The number of sulfonamides is 1. The third-order valence-corrected chi connectivity index (χ3v) is 6.53. The van der Waals surface area contributed by atoms with Crippen LogP contribution in [0.3, 0.4) is 0 Å². The first-order valence-corrected chi connectivity index (χ1v) is 10.9. The molecule has 0 aromatic heterocycles. The Kier molecular flexibility index (Phi) is 6.81. The van der Waals surface area contributed by atoms with Crippen LogP contribution in [0.25, 0.3) is 0 Å². The van der Waals surface area contributed by atoms with E-state index in [1.165, 1.54) is 16.4 Å². The van der Waals surface area contributed by atoms with Crippen molar-refractivity contribution in [3.8, 4) is 0 Å². The number of hydrogen-bond donors (Lipinski definition) is 2. The van der Waals surface area contributed by atoms with Gasteiger partial charge in [-0.2, -0.15) is 4.31 Å². The monoisotopic (exact) mass is 423 g/mol. The van der Waals surface area contributed by atoms with E-state index >= 15 is 0 Å². The minimum atomic E-state index is -3.60. The van der Waals surface area contributed by atoms with Crippen LogP contribution >= 0.6 is 0 Å². The number of halogens is 2. The summed E-state index contributed by atoms with van der Waals surface area (Å²) < 4.78 is 53.7. The summed E-state index contributed by atoms with van der Waals surface area (Å²) in [4.78, 5) is 12.2. The van der Waals surface area contributed by atoms with E-state index in [9.17, 15) is 22.0 Å². The van der Waals surface area contributed by atoms with Crippen molar-refractivity contribution in [2.45, 2.75) is 30.6 Å². The van der Waals surface area contributed by atoms with E-state index in [0.717, 1.165) is 37.8 Å². The summed E-state index contributed by atoms with van der Waals surface area (Å²) in [7, 11) is -3.60. The summed E-state index contributed by atoms with van der Waals surface area (Å²) in [5, 5.41) is 5.23. The van der Waals surface area contributed by atoms with Gasteiger partial charge in [-0.25, -0.2) is 17.2 Å². The number of anilines is 2. The first-order valence-electron chi connectivity index (χ1n) is 9.45. The lowest BCUT2D eigenvalue weighted by atomic mass is 10.2. The molecule has 1 fully saturated rings. The summed E-state index contributed by atoms with van der Waals surface area (Å²) in [6.07, 6.45) is 3.74. The molecule has 29 heavy (non-hydrogen) atoms. The molecule has 9 heteroatoms. The zero-order valence-electron chi connectivity index (χ0n) is 15.8. The Morgan fingerprint density at radius 1 is 0.931 bits per heavy atom. The van der Waals surface area contributed by atoms with Crippen molar-refractivity contribution in [1.82, 2.24) is 4.31 Å². The fourth-order valence-electron chi connectivity index (χ4n) is 3.21. The molecule has 0 bridgehead atoms. The molecule has 6 nitrogen and oxygen atoms in total. The molecule has 1 amide bonds. The fraction of sp³-hybridized carbons (Fsp3) is 0.350. The smallest absolute Gasteiger partial charge is 0.243 e. The first-order chi connectivity index (χ1) is 13.8. The average molecular weight is 423 g/mol. The molecule has 0 saturated carbocycles. The summed E-state index contributed by atoms with van der Waals surface area (Å²) >= 11 is 0. The van der Waals surface area contributed by atoms with Crippen LogP contribution in [0.5, 0.6) is 0 Å². The Labute approximate surface area is 169 Å². The molecule has 2 N–H and O–H groups in total. The van der Waals surface area contributed by atoms with Crippen LogP contribution in [-0.4, -0.2) is 38.3 Å². The van der Waals surface area contributed by atoms with Crippen molar-refractivity contribution in [2.75, 3.05) is 30.3 Å². The highest BCUT2D eigenvalue weighted by molar-refractivity contribution is 7.89. The number of carbonyl (C=O) groups is 1. The van der Waals surface area contributed by atoms with Gasteiger partial charge in [-0.1, -0.05) is 18.9 Å². The van der Waals surface area contributed by atoms with E-state index in [1.54, 1.807) is 12.1 Å². The van der Waals surface area contributed by atoms with Gasteiger partial charge in [-0.05, 0) is 43.2 Å². The van der Waals surface area contributed by atoms with Crippen molar-refractivity contribution in [2.24, 2.45) is 0 Å². The third kappa shape index (κ3) is 5.74. The van der Waals surface area contributed by atoms with E-state index < -0.39 is 27.6 Å². The Morgan fingerprint density at radius 2 is 1.59 bits per heavy atom. The van der Waals surface area contributed by atoms with Gasteiger partial charge < -0.3 is 10.6 Å². The third-order valence-electron chi connectivity index (χ3n) is 4.64. The van der Waals surface area contributed by atoms with Gasteiger partial charge in [0.2, 0.25) is 15.9 Å². The fourth-order valence-corrected chi connectivity index (χ4v) is 4.77. The van der Waals surface area contributed by atoms with Crippen LogP contribution < -0.4 is 10.6 Å². The van der Waals surface area contributed by atoms with Gasteiger partial charge in [0, 0.05) is 30.5 Å². The minimum absolute atomic E-state index is 0.00629. The van der Waals surface area contributed by atoms with Gasteiger partial charge in [0.05, 0.1) is 11.4 Å². The molecular formula is C20H23F2N3O3S. The van der Waals surface area contributed by atoms with Gasteiger partial charge in [-0.15, -0.1) is 0 Å². The van der Waals surface area contributed by atoms with Gasteiger partial charge in [0.25, 0.3) is 0 Å². The van der Waals surface area contributed by atoms with E-state index in [2.05, 4.69) is 10.6 Å². The van der Waals surface area contributed by atoms with Crippen molar-refractivity contribution in [1.29, 1.82) is 0 Å². The predicted molar refractivity (Wildman–Crippen MR) is 107 cm³/mol. The zero-order chi connectivity index (χ0) is 20.9. The molecule has 1 aliphatic rings. The SMILES string of the molecule is O=C(CNc1cccc(S(=O)(=O)N2CCCCCC2)c1)Nc1cc(F)cc(F)c1. The summed E-state index contributed by atoms with van der Waals surface area (Å²) in [5.41, 5.74) is 0.466. The summed E-state index contributed by atoms with van der Waals surface area (Å²) in [6, 6.07) is 8.99. The van der Waals surface area contributed by atoms with Crippen LogP contribution in [0.15, 0.2) is 47.4 Å². The molecule has 0 radical (unpaired) electrons. The van der Waals surface area contributed by atoms with Gasteiger partial charge in [-0.3, -0.25) is 4.79 Å². The second kappa shape index (κ2) is 9.32. The number of amides is 1. The lowest BCUT2D eigenvalue weighted by Crippen LogP contribution is -2.32. The Hall–Kier alpha value is -2.52. The molecule has 0 spiro atoms. The maximum atomic E-state index is 13.2. The van der Waals surface area contributed by atoms with Gasteiger partial charge >= 0.3 is 0 Å². The van der Waals surface area contributed by atoms with E-state index in [0.29, 0.717) is 24.8 Å². The van der Waals surface area contributed by atoms with Crippen LogP contribution in [0.2, 0.25) is 0 Å². The van der Waals surface area contributed by atoms with Crippen LogP contribution in [0.4, 0.5) is 20.2 Å². The van der Waals surface area contributed by atoms with E-state index in [1.807, 2.05) is 0 Å². The molecule has 0 unspecified atom stereocenters. The number of benzene rings is 2. The standard InChI is InChI=1S/C20H23F2N3O3S/c21-15-10-16(22)12-18(11-15)24-20(26)14-23-17-6-5-7-19(13-17)29(27,28)25-8-3-1-2-4-9-25/h5-7,10-13,23H,1-4,8-9,14H2,(H,24,26). The van der Waals surface area contributed by atoms with Crippen molar-refractivity contribution in [3.05, 3.63) is 54.1 Å². The number of carbonyl (C=O) groups excluding carboxylic acids is 1. The zero-order valence-corrected chi connectivity index (χ0v) is 16.6. The molecule has 3 rings (SSSR count). The molecule has 0 aliphatic carbocycles. The topological polar surface area (TPSA) is 78.5 Å². The lowest BCUT2D eigenvalue weighted by Gasteiger charge is -2.20. The summed E-state index contributed by atoms with van der Waals surface area (Å²) in [5.74, 6) is -2.10. The Balaban J connectivity index is 1.64. The molecule has 2 aromatic carbocycles. The second-order valence-corrected chi connectivity index (χ2v) is 8.84.